The van der Waals surface area contributed by atoms with Gasteiger partial charge in [-0.15, -0.1) is 11.8 Å². The summed E-state index contributed by atoms with van der Waals surface area (Å²) in [6.45, 7) is 1.63. The maximum Gasteiger partial charge on any atom is 0.230 e. The molecule has 1 aromatic rings. The molecule has 1 heterocycles. The lowest BCUT2D eigenvalue weighted by atomic mass is 9.60. The molecule has 1 atom stereocenters. The van der Waals surface area contributed by atoms with Crippen LogP contribution in [0.25, 0.3) is 0 Å². The molecule has 3 rings (SSSR count). The van der Waals surface area contributed by atoms with Crippen LogP contribution in [-0.2, 0) is 9.53 Å². The van der Waals surface area contributed by atoms with Gasteiger partial charge in [0.05, 0.1) is 5.75 Å². The van der Waals surface area contributed by atoms with Crippen molar-refractivity contribution in [1.29, 1.82) is 0 Å². The third-order valence-corrected chi connectivity index (χ3v) is 5.69. The molecule has 1 saturated heterocycles. The highest BCUT2D eigenvalue weighted by Gasteiger charge is 2.47. The molecule has 2 fully saturated rings. The zero-order chi connectivity index (χ0) is 14.7. The Kier molecular flexibility index (Phi) is 4.50. The van der Waals surface area contributed by atoms with Crippen molar-refractivity contribution in [3.05, 3.63) is 30.1 Å². The Morgan fingerprint density at radius 2 is 2.00 bits per heavy atom. The first-order valence-electron chi connectivity index (χ1n) is 7.43. The van der Waals surface area contributed by atoms with E-state index in [1.165, 1.54) is 30.3 Å². The summed E-state index contributed by atoms with van der Waals surface area (Å²) in [5, 5.41) is 3.17. The predicted molar refractivity (Wildman–Crippen MR) is 80.8 cm³/mol. The molecule has 1 aliphatic carbocycles. The van der Waals surface area contributed by atoms with Crippen LogP contribution < -0.4 is 5.32 Å². The number of thioether (sulfide) groups is 1. The van der Waals surface area contributed by atoms with Crippen LogP contribution in [0.3, 0.4) is 0 Å². The molecule has 114 valence electrons. The number of nitrogens with one attached hydrogen (secondary N) is 1. The summed E-state index contributed by atoms with van der Waals surface area (Å²) >= 11 is 1.45. The van der Waals surface area contributed by atoms with Crippen molar-refractivity contribution < 1.29 is 13.9 Å². The highest BCUT2D eigenvalue weighted by molar-refractivity contribution is 8.00. The normalized spacial score (nSPS) is 23.6. The molecule has 1 aliphatic heterocycles. The third-order valence-electron chi connectivity index (χ3n) is 4.68. The fraction of sp³-hybridized carbons (Fsp3) is 0.562. The SMILES string of the molecule is O=C(CSc1ccc(F)cc1)NC1CCC12CCOCC2. The van der Waals surface area contributed by atoms with Gasteiger partial charge in [0.25, 0.3) is 0 Å². The maximum atomic E-state index is 12.8. The second-order valence-electron chi connectivity index (χ2n) is 5.88. The van der Waals surface area contributed by atoms with Crippen molar-refractivity contribution in [2.45, 2.75) is 36.6 Å². The summed E-state index contributed by atoms with van der Waals surface area (Å²) in [7, 11) is 0. The first kappa shape index (κ1) is 14.9. The van der Waals surface area contributed by atoms with Crippen LogP contribution in [0, 0.1) is 11.2 Å². The lowest BCUT2D eigenvalue weighted by Gasteiger charge is -2.52. The van der Waals surface area contributed by atoms with Crippen molar-refractivity contribution in [2.75, 3.05) is 19.0 Å². The van der Waals surface area contributed by atoms with E-state index in [0.29, 0.717) is 11.8 Å². The summed E-state index contributed by atoms with van der Waals surface area (Å²) in [4.78, 5) is 13.0. The monoisotopic (exact) mass is 309 g/mol. The molecule has 0 aromatic heterocycles. The van der Waals surface area contributed by atoms with Gasteiger partial charge >= 0.3 is 0 Å². The van der Waals surface area contributed by atoms with E-state index >= 15 is 0 Å². The molecule has 21 heavy (non-hydrogen) atoms. The van der Waals surface area contributed by atoms with Gasteiger partial charge in [0, 0.05) is 24.2 Å². The van der Waals surface area contributed by atoms with Crippen LogP contribution in [0.5, 0.6) is 0 Å². The van der Waals surface area contributed by atoms with E-state index < -0.39 is 0 Å². The van der Waals surface area contributed by atoms with E-state index in [-0.39, 0.29) is 17.1 Å². The Balaban J connectivity index is 1.47. The van der Waals surface area contributed by atoms with Crippen LogP contribution >= 0.6 is 11.8 Å². The fourth-order valence-electron chi connectivity index (χ4n) is 3.21. The van der Waals surface area contributed by atoms with Crippen molar-refractivity contribution >= 4 is 17.7 Å². The minimum atomic E-state index is -0.250. The van der Waals surface area contributed by atoms with Gasteiger partial charge < -0.3 is 10.1 Å². The quantitative estimate of drug-likeness (QED) is 0.869. The van der Waals surface area contributed by atoms with E-state index in [1.54, 1.807) is 12.1 Å². The number of ether oxygens (including phenoxy) is 1. The van der Waals surface area contributed by atoms with Crippen LogP contribution in [0.4, 0.5) is 4.39 Å². The van der Waals surface area contributed by atoms with E-state index in [2.05, 4.69) is 5.32 Å². The Hall–Kier alpha value is -1.07. The molecule has 0 radical (unpaired) electrons. The van der Waals surface area contributed by atoms with Crippen LogP contribution in [-0.4, -0.2) is 30.9 Å². The molecular weight excluding hydrogens is 289 g/mol. The van der Waals surface area contributed by atoms with Gasteiger partial charge in [0.15, 0.2) is 0 Å². The topological polar surface area (TPSA) is 38.3 Å². The smallest absolute Gasteiger partial charge is 0.230 e. The fourth-order valence-corrected chi connectivity index (χ4v) is 3.92. The second-order valence-corrected chi connectivity index (χ2v) is 6.92. The number of hydrogen-bond acceptors (Lipinski definition) is 3. The lowest BCUT2D eigenvalue weighted by Crippen LogP contribution is -2.57. The van der Waals surface area contributed by atoms with Crippen molar-refractivity contribution in [3.63, 3.8) is 0 Å². The number of amides is 1. The molecule has 1 aromatic carbocycles. The molecule has 1 N–H and O–H groups in total. The Morgan fingerprint density at radius 1 is 1.29 bits per heavy atom. The molecule has 1 amide bonds. The minimum absolute atomic E-state index is 0.0693. The number of carbonyl (C=O) groups is 1. The molecule has 3 nitrogen and oxygen atoms in total. The first-order valence-corrected chi connectivity index (χ1v) is 8.42. The van der Waals surface area contributed by atoms with Gasteiger partial charge in [-0.1, -0.05) is 0 Å². The molecule has 5 heteroatoms. The largest absolute Gasteiger partial charge is 0.381 e. The van der Waals surface area contributed by atoms with Crippen molar-refractivity contribution in [3.8, 4) is 0 Å². The van der Waals surface area contributed by atoms with Gasteiger partial charge in [-0.05, 0) is 55.4 Å². The average Bonchev–Trinajstić information content (AvgIpc) is 2.52. The third kappa shape index (κ3) is 3.40. The highest BCUT2D eigenvalue weighted by atomic mass is 32.2. The summed E-state index contributed by atoms with van der Waals surface area (Å²) in [6, 6.07) is 6.56. The molecule has 1 saturated carbocycles. The van der Waals surface area contributed by atoms with Gasteiger partial charge in [0.1, 0.15) is 5.82 Å². The van der Waals surface area contributed by atoms with Gasteiger partial charge in [0.2, 0.25) is 5.91 Å². The van der Waals surface area contributed by atoms with Crippen molar-refractivity contribution in [2.24, 2.45) is 5.41 Å². The Labute approximate surface area is 128 Å². The van der Waals surface area contributed by atoms with Crippen LogP contribution in [0.15, 0.2) is 29.2 Å². The number of carbonyl (C=O) groups excluding carboxylic acids is 1. The van der Waals surface area contributed by atoms with E-state index in [1.807, 2.05) is 0 Å². The number of halogens is 1. The lowest BCUT2D eigenvalue weighted by molar-refractivity contribution is -0.124. The molecule has 0 bridgehead atoms. The van der Waals surface area contributed by atoms with E-state index in [9.17, 15) is 9.18 Å². The summed E-state index contributed by atoms with van der Waals surface area (Å²) in [6.07, 6.45) is 4.39. The van der Waals surface area contributed by atoms with Gasteiger partial charge in [-0.25, -0.2) is 4.39 Å². The zero-order valence-corrected chi connectivity index (χ0v) is 12.8. The van der Waals surface area contributed by atoms with Gasteiger partial charge in [-0.2, -0.15) is 0 Å². The van der Waals surface area contributed by atoms with E-state index in [4.69, 9.17) is 4.74 Å². The average molecular weight is 309 g/mol. The maximum absolute atomic E-state index is 12.8. The standard InChI is InChI=1S/C16H20FNO2S/c17-12-1-3-13(4-2-12)21-11-15(19)18-14-5-6-16(14)7-9-20-10-8-16/h1-4,14H,5-11H2,(H,18,19). The van der Waals surface area contributed by atoms with E-state index in [0.717, 1.165) is 37.4 Å². The molecule has 1 spiro atoms. The molecule has 2 aliphatic rings. The number of rotatable bonds is 4. The second kappa shape index (κ2) is 6.36. The summed E-state index contributed by atoms with van der Waals surface area (Å²) in [5.74, 6) is 0.203. The van der Waals surface area contributed by atoms with Crippen molar-refractivity contribution in [1.82, 2.24) is 5.32 Å². The number of hydrogen-bond donors (Lipinski definition) is 1. The summed E-state index contributed by atoms with van der Waals surface area (Å²) in [5.41, 5.74) is 0.286. The van der Waals surface area contributed by atoms with Crippen LogP contribution in [0.1, 0.15) is 25.7 Å². The predicted octanol–water partition coefficient (Wildman–Crippen LogP) is 2.99. The minimum Gasteiger partial charge on any atom is -0.381 e. The molecular formula is C16H20FNO2S. The van der Waals surface area contributed by atoms with Crippen LogP contribution in [0.2, 0.25) is 0 Å². The Morgan fingerprint density at radius 3 is 2.62 bits per heavy atom. The zero-order valence-electron chi connectivity index (χ0n) is 11.9. The Bertz CT molecular complexity index is 500. The first-order chi connectivity index (χ1) is 10.2. The summed E-state index contributed by atoms with van der Waals surface area (Å²) < 4.78 is 18.2. The number of benzene rings is 1. The highest BCUT2D eigenvalue weighted by Crippen LogP contribution is 2.48. The molecule has 1 unspecified atom stereocenters. The van der Waals surface area contributed by atoms with Gasteiger partial charge in [-0.3, -0.25) is 4.79 Å².